The van der Waals surface area contributed by atoms with Crippen molar-refractivity contribution in [2.45, 2.75) is 78.2 Å². The highest BCUT2D eigenvalue weighted by Crippen LogP contribution is 2.35. The van der Waals surface area contributed by atoms with E-state index in [1.807, 2.05) is 0 Å². The summed E-state index contributed by atoms with van der Waals surface area (Å²) in [5.41, 5.74) is 1.66. The Morgan fingerprint density at radius 2 is 2.00 bits per heavy atom. The largest absolute Gasteiger partial charge is 0.310 e. The number of hydrogen-bond acceptors (Lipinski definition) is 2. The molecule has 1 aliphatic rings. The molecule has 0 radical (unpaired) electrons. The summed E-state index contributed by atoms with van der Waals surface area (Å²) in [6.45, 7) is 8.01. The van der Waals surface area contributed by atoms with E-state index in [2.05, 4.69) is 43.5 Å². The number of rotatable bonds is 7. The monoisotopic (exact) mass is 293 g/mol. The van der Waals surface area contributed by atoms with Crippen LogP contribution in [0.1, 0.15) is 80.7 Å². The average molecular weight is 294 g/mol. The molecule has 1 aliphatic carbocycles. The van der Waals surface area contributed by atoms with Gasteiger partial charge in [-0.3, -0.25) is 0 Å². The molecule has 2 rings (SSSR count). The van der Waals surface area contributed by atoms with Crippen molar-refractivity contribution in [3.63, 3.8) is 0 Å². The van der Waals surface area contributed by atoms with Crippen molar-refractivity contribution < 1.29 is 0 Å². The van der Waals surface area contributed by atoms with Gasteiger partial charge in [0.2, 0.25) is 0 Å². The van der Waals surface area contributed by atoms with Crippen LogP contribution < -0.4 is 5.32 Å². The number of nitrogens with one attached hydrogen (secondary N) is 1. The zero-order valence-corrected chi connectivity index (χ0v) is 14.3. The Bertz CT molecular complexity index is 373. The van der Waals surface area contributed by atoms with Crippen molar-refractivity contribution in [2.75, 3.05) is 6.54 Å². The predicted molar refractivity (Wildman–Crippen MR) is 90.7 cm³/mol. The minimum Gasteiger partial charge on any atom is -0.310 e. The Hall–Kier alpha value is -0.340. The van der Waals surface area contributed by atoms with Gasteiger partial charge in [-0.1, -0.05) is 40.0 Å². The summed E-state index contributed by atoms with van der Waals surface area (Å²) in [6.07, 6.45) is 10.8. The maximum absolute atomic E-state index is 3.72. The fraction of sp³-hybridized carbons (Fsp3) is 0.778. The lowest BCUT2D eigenvalue weighted by molar-refractivity contribution is 0.399. The first-order chi connectivity index (χ1) is 9.74. The van der Waals surface area contributed by atoms with Crippen LogP contribution >= 0.6 is 11.3 Å². The van der Waals surface area contributed by atoms with Crippen LogP contribution in [-0.2, 0) is 12.8 Å². The highest BCUT2D eigenvalue weighted by molar-refractivity contribution is 7.12. The van der Waals surface area contributed by atoms with E-state index in [9.17, 15) is 0 Å². The lowest BCUT2D eigenvalue weighted by Crippen LogP contribution is -2.22. The number of hydrogen-bond donors (Lipinski definition) is 1. The van der Waals surface area contributed by atoms with Crippen molar-refractivity contribution >= 4 is 11.3 Å². The van der Waals surface area contributed by atoms with E-state index in [1.165, 1.54) is 51.4 Å². The molecule has 1 heterocycles. The van der Waals surface area contributed by atoms with E-state index in [0.29, 0.717) is 6.04 Å². The van der Waals surface area contributed by atoms with E-state index in [0.717, 1.165) is 12.5 Å². The minimum atomic E-state index is 0.582. The predicted octanol–water partition coefficient (Wildman–Crippen LogP) is 5.49. The molecule has 2 atom stereocenters. The van der Waals surface area contributed by atoms with Gasteiger partial charge in [0.25, 0.3) is 0 Å². The van der Waals surface area contributed by atoms with Gasteiger partial charge in [-0.25, -0.2) is 0 Å². The third-order valence-electron chi connectivity index (χ3n) is 4.48. The fourth-order valence-corrected chi connectivity index (χ4v) is 4.77. The first-order valence-electron chi connectivity index (χ1n) is 8.59. The molecule has 1 aromatic rings. The van der Waals surface area contributed by atoms with Crippen LogP contribution in [0.5, 0.6) is 0 Å². The maximum Gasteiger partial charge on any atom is 0.0417 e. The second-order valence-electron chi connectivity index (χ2n) is 6.40. The van der Waals surface area contributed by atoms with Gasteiger partial charge in [-0.05, 0) is 56.2 Å². The molecule has 114 valence electrons. The van der Waals surface area contributed by atoms with Gasteiger partial charge in [0.05, 0.1) is 0 Å². The molecule has 20 heavy (non-hydrogen) atoms. The van der Waals surface area contributed by atoms with Crippen LogP contribution in [0.25, 0.3) is 0 Å². The van der Waals surface area contributed by atoms with Gasteiger partial charge in [0, 0.05) is 15.8 Å². The van der Waals surface area contributed by atoms with E-state index < -0.39 is 0 Å². The summed E-state index contributed by atoms with van der Waals surface area (Å²) in [5, 5.41) is 3.72. The summed E-state index contributed by atoms with van der Waals surface area (Å²) in [4.78, 5) is 3.28. The molecule has 2 unspecified atom stereocenters. The zero-order chi connectivity index (χ0) is 14.4. The van der Waals surface area contributed by atoms with Crippen molar-refractivity contribution in [3.05, 3.63) is 21.4 Å². The highest BCUT2D eigenvalue weighted by atomic mass is 32.1. The maximum atomic E-state index is 3.72. The van der Waals surface area contributed by atoms with Crippen molar-refractivity contribution in [1.29, 1.82) is 0 Å². The molecule has 1 N–H and O–H groups in total. The summed E-state index contributed by atoms with van der Waals surface area (Å²) in [7, 11) is 0. The molecular weight excluding hydrogens is 262 g/mol. The zero-order valence-electron chi connectivity index (χ0n) is 13.5. The lowest BCUT2D eigenvalue weighted by Gasteiger charge is -2.20. The van der Waals surface area contributed by atoms with E-state index in [1.54, 1.807) is 15.3 Å². The topological polar surface area (TPSA) is 12.0 Å². The Kier molecular flexibility index (Phi) is 6.57. The molecule has 2 heteroatoms. The van der Waals surface area contributed by atoms with E-state index in [4.69, 9.17) is 0 Å². The third-order valence-corrected chi connectivity index (χ3v) is 5.83. The van der Waals surface area contributed by atoms with Gasteiger partial charge in [0.1, 0.15) is 0 Å². The summed E-state index contributed by atoms with van der Waals surface area (Å²) >= 11 is 2.09. The minimum absolute atomic E-state index is 0.582. The number of aryl methyl sites for hydroxylation is 2. The molecule has 0 bridgehead atoms. The summed E-state index contributed by atoms with van der Waals surface area (Å²) in [5.74, 6) is 0.825. The van der Waals surface area contributed by atoms with Crippen LogP contribution in [0, 0.1) is 5.92 Å². The van der Waals surface area contributed by atoms with Crippen molar-refractivity contribution in [2.24, 2.45) is 5.92 Å². The van der Waals surface area contributed by atoms with Gasteiger partial charge < -0.3 is 5.32 Å². The van der Waals surface area contributed by atoms with Crippen LogP contribution in [-0.4, -0.2) is 6.54 Å². The molecule has 0 aromatic carbocycles. The molecule has 0 saturated heterocycles. The molecule has 0 aliphatic heterocycles. The highest BCUT2D eigenvalue weighted by Gasteiger charge is 2.19. The number of thiophene rings is 1. The Morgan fingerprint density at radius 3 is 2.75 bits per heavy atom. The normalized spacial score (nSPS) is 18.4. The molecule has 0 spiro atoms. The Balaban J connectivity index is 2.08. The lowest BCUT2D eigenvalue weighted by atomic mass is 9.96. The molecule has 0 saturated carbocycles. The van der Waals surface area contributed by atoms with Gasteiger partial charge in [-0.15, -0.1) is 11.3 Å². The second-order valence-corrected chi connectivity index (χ2v) is 7.57. The third kappa shape index (κ3) is 4.33. The second kappa shape index (κ2) is 8.19. The van der Waals surface area contributed by atoms with Crippen LogP contribution in [0.2, 0.25) is 0 Å². The first kappa shape index (κ1) is 16.0. The Labute approximate surface area is 129 Å². The smallest absolute Gasteiger partial charge is 0.0417 e. The molecule has 1 nitrogen and oxygen atoms in total. The standard InChI is InChI=1S/C18H31NS/c1-4-9-14(3)12-16(19-5-2)18-13-15-10-7-6-8-11-17(15)20-18/h13-14,16,19H,4-12H2,1-3H3. The van der Waals surface area contributed by atoms with Gasteiger partial charge in [0.15, 0.2) is 0 Å². The van der Waals surface area contributed by atoms with Crippen LogP contribution in [0.4, 0.5) is 0 Å². The fourth-order valence-electron chi connectivity index (χ4n) is 3.42. The summed E-state index contributed by atoms with van der Waals surface area (Å²) in [6, 6.07) is 3.11. The van der Waals surface area contributed by atoms with Crippen LogP contribution in [0.15, 0.2) is 6.07 Å². The molecule has 0 amide bonds. The number of fused-ring (bicyclic) bond motifs is 1. The van der Waals surface area contributed by atoms with Crippen LogP contribution in [0.3, 0.4) is 0 Å². The molecule has 0 fully saturated rings. The van der Waals surface area contributed by atoms with Gasteiger partial charge >= 0.3 is 0 Å². The van der Waals surface area contributed by atoms with Crippen molar-refractivity contribution in [1.82, 2.24) is 5.32 Å². The quantitative estimate of drug-likeness (QED) is 0.655. The molecular formula is C18H31NS. The summed E-state index contributed by atoms with van der Waals surface area (Å²) < 4.78 is 0. The van der Waals surface area contributed by atoms with Gasteiger partial charge in [-0.2, -0.15) is 0 Å². The molecule has 1 aromatic heterocycles. The van der Waals surface area contributed by atoms with E-state index >= 15 is 0 Å². The average Bonchev–Trinajstić information content (AvgIpc) is 2.70. The SMILES string of the molecule is CCCC(C)CC(NCC)c1cc2c(s1)CCCCC2. The first-order valence-corrected chi connectivity index (χ1v) is 9.41. The van der Waals surface area contributed by atoms with E-state index in [-0.39, 0.29) is 0 Å². The van der Waals surface area contributed by atoms with Crippen molar-refractivity contribution in [3.8, 4) is 0 Å². The Morgan fingerprint density at radius 1 is 1.20 bits per heavy atom.